The highest BCUT2D eigenvalue weighted by Gasteiger charge is 2.28. The van der Waals surface area contributed by atoms with E-state index in [4.69, 9.17) is 0 Å². The highest BCUT2D eigenvalue weighted by atomic mass is 32.1. The standard InChI is InChI=1S/C18H27NOS/c1-3-14-9-11-16(12-10-14)19(2)18(20)17(21)13-15-7-5-4-6-8-15/h4-8,14,16-17,21H,3,9-13H2,1-2H3. The summed E-state index contributed by atoms with van der Waals surface area (Å²) in [6.45, 7) is 2.27. The van der Waals surface area contributed by atoms with Gasteiger partial charge in [0.2, 0.25) is 5.91 Å². The molecule has 2 nitrogen and oxygen atoms in total. The number of benzene rings is 1. The molecule has 0 spiro atoms. The second-order valence-electron chi connectivity index (χ2n) is 6.24. The molecule has 1 saturated carbocycles. The Balaban J connectivity index is 1.87. The minimum Gasteiger partial charge on any atom is -0.342 e. The number of hydrogen-bond acceptors (Lipinski definition) is 2. The maximum Gasteiger partial charge on any atom is 0.235 e. The van der Waals surface area contributed by atoms with E-state index in [0.29, 0.717) is 12.5 Å². The highest BCUT2D eigenvalue weighted by molar-refractivity contribution is 7.81. The lowest BCUT2D eigenvalue weighted by molar-refractivity contribution is -0.132. The molecular weight excluding hydrogens is 278 g/mol. The third-order valence-corrected chi connectivity index (χ3v) is 5.25. The molecule has 1 amide bonds. The van der Waals surface area contributed by atoms with Gasteiger partial charge < -0.3 is 4.90 Å². The maximum atomic E-state index is 12.5. The van der Waals surface area contributed by atoms with E-state index in [9.17, 15) is 4.79 Å². The Morgan fingerprint density at radius 2 is 1.86 bits per heavy atom. The summed E-state index contributed by atoms with van der Waals surface area (Å²) in [7, 11) is 1.95. The van der Waals surface area contributed by atoms with Crippen LogP contribution in [0.15, 0.2) is 30.3 Å². The van der Waals surface area contributed by atoms with Gasteiger partial charge in [-0.1, -0.05) is 43.7 Å². The first kappa shape index (κ1) is 16.4. The molecule has 116 valence electrons. The molecule has 0 radical (unpaired) electrons. The van der Waals surface area contributed by atoms with Gasteiger partial charge in [-0.05, 0) is 43.6 Å². The second-order valence-corrected chi connectivity index (χ2v) is 6.86. The van der Waals surface area contributed by atoms with Crippen molar-refractivity contribution in [1.82, 2.24) is 4.90 Å². The normalized spacial score (nSPS) is 23.6. The summed E-state index contributed by atoms with van der Waals surface area (Å²) in [5.74, 6) is 1.03. The van der Waals surface area contributed by atoms with Crippen LogP contribution in [-0.4, -0.2) is 29.1 Å². The van der Waals surface area contributed by atoms with Gasteiger partial charge in [0.1, 0.15) is 0 Å². The minimum absolute atomic E-state index is 0.169. The van der Waals surface area contributed by atoms with Crippen molar-refractivity contribution < 1.29 is 4.79 Å². The van der Waals surface area contributed by atoms with Crippen LogP contribution in [0.2, 0.25) is 0 Å². The Hall–Kier alpha value is -0.960. The number of hydrogen-bond donors (Lipinski definition) is 1. The number of carbonyl (C=O) groups is 1. The molecule has 3 heteroatoms. The van der Waals surface area contributed by atoms with Crippen LogP contribution in [0.25, 0.3) is 0 Å². The van der Waals surface area contributed by atoms with Gasteiger partial charge in [-0.25, -0.2) is 0 Å². The van der Waals surface area contributed by atoms with Crippen molar-refractivity contribution >= 4 is 18.5 Å². The molecule has 0 aliphatic heterocycles. The first-order valence-electron chi connectivity index (χ1n) is 8.10. The van der Waals surface area contributed by atoms with Crippen molar-refractivity contribution in [3.8, 4) is 0 Å². The van der Waals surface area contributed by atoms with E-state index in [0.717, 1.165) is 18.8 Å². The van der Waals surface area contributed by atoms with Gasteiger partial charge in [-0.2, -0.15) is 12.6 Å². The summed E-state index contributed by atoms with van der Waals surface area (Å²) in [6.07, 6.45) is 6.79. The molecule has 0 saturated heterocycles. The van der Waals surface area contributed by atoms with Gasteiger partial charge in [0, 0.05) is 13.1 Å². The first-order chi connectivity index (χ1) is 10.1. The average molecular weight is 305 g/mol. The molecule has 1 aliphatic carbocycles. The monoisotopic (exact) mass is 305 g/mol. The molecule has 1 aromatic carbocycles. The van der Waals surface area contributed by atoms with Crippen molar-refractivity contribution in [2.45, 2.75) is 56.7 Å². The molecule has 1 aliphatic rings. The van der Waals surface area contributed by atoms with Crippen LogP contribution in [0.4, 0.5) is 0 Å². The van der Waals surface area contributed by atoms with E-state index in [1.807, 2.05) is 30.1 Å². The van der Waals surface area contributed by atoms with E-state index >= 15 is 0 Å². The fourth-order valence-electron chi connectivity index (χ4n) is 3.28. The van der Waals surface area contributed by atoms with E-state index in [1.165, 1.54) is 24.8 Å². The molecular formula is C18H27NOS. The van der Waals surface area contributed by atoms with Crippen molar-refractivity contribution in [3.05, 3.63) is 35.9 Å². The summed E-state index contributed by atoms with van der Waals surface area (Å²) in [6, 6.07) is 10.5. The summed E-state index contributed by atoms with van der Waals surface area (Å²) in [4.78, 5) is 14.5. The van der Waals surface area contributed by atoms with Crippen molar-refractivity contribution in [1.29, 1.82) is 0 Å². The number of nitrogens with zero attached hydrogens (tertiary/aromatic N) is 1. The van der Waals surface area contributed by atoms with E-state index in [1.54, 1.807) is 0 Å². The Morgan fingerprint density at radius 1 is 1.24 bits per heavy atom. The lowest BCUT2D eigenvalue weighted by Gasteiger charge is -2.35. The summed E-state index contributed by atoms with van der Waals surface area (Å²) >= 11 is 4.54. The third-order valence-electron chi connectivity index (χ3n) is 4.85. The fourth-order valence-corrected chi connectivity index (χ4v) is 3.67. The zero-order chi connectivity index (χ0) is 15.2. The Bertz CT molecular complexity index is 440. The van der Waals surface area contributed by atoms with Crippen LogP contribution >= 0.6 is 12.6 Å². The van der Waals surface area contributed by atoms with E-state index in [-0.39, 0.29) is 11.2 Å². The molecule has 0 N–H and O–H groups in total. The van der Waals surface area contributed by atoms with Gasteiger partial charge in [0.15, 0.2) is 0 Å². The van der Waals surface area contributed by atoms with Gasteiger partial charge in [-0.15, -0.1) is 0 Å². The average Bonchev–Trinajstić information content (AvgIpc) is 2.54. The van der Waals surface area contributed by atoms with Crippen LogP contribution in [0.1, 0.15) is 44.6 Å². The highest BCUT2D eigenvalue weighted by Crippen LogP contribution is 2.29. The van der Waals surface area contributed by atoms with Gasteiger partial charge >= 0.3 is 0 Å². The Kier molecular flexibility index (Phi) is 6.16. The fraction of sp³-hybridized carbons (Fsp3) is 0.611. The number of amides is 1. The van der Waals surface area contributed by atoms with Crippen molar-refractivity contribution in [3.63, 3.8) is 0 Å². The van der Waals surface area contributed by atoms with E-state index < -0.39 is 0 Å². The number of carbonyl (C=O) groups excluding carboxylic acids is 1. The predicted molar refractivity (Wildman–Crippen MR) is 91.7 cm³/mol. The van der Waals surface area contributed by atoms with Crippen LogP contribution in [0.3, 0.4) is 0 Å². The zero-order valence-corrected chi connectivity index (χ0v) is 14.1. The topological polar surface area (TPSA) is 20.3 Å². The molecule has 2 rings (SSSR count). The summed E-state index contributed by atoms with van der Waals surface area (Å²) < 4.78 is 0. The lowest BCUT2D eigenvalue weighted by atomic mass is 9.84. The summed E-state index contributed by atoms with van der Waals surface area (Å²) in [5, 5.41) is -0.235. The second kappa shape index (κ2) is 7.88. The Morgan fingerprint density at radius 3 is 2.43 bits per heavy atom. The molecule has 1 atom stereocenters. The van der Waals surface area contributed by atoms with E-state index in [2.05, 4.69) is 31.7 Å². The van der Waals surface area contributed by atoms with Gasteiger partial charge in [0.25, 0.3) is 0 Å². The smallest absolute Gasteiger partial charge is 0.235 e. The van der Waals surface area contributed by atoms with Gasteiger partial charge in [0.05, 0.1) is 5.25 Å². The largest absolute Gasteiger partial charge is 0.342 e. The molecule has 0 heterocycles. The SMILES string of the molecule is CCC1CCC(N(C)C(=O)C(S)Cc2ccccc2)CC1. The molecule has 0 aromatic heterocycles. The van der Waals surface area contributed by atoms with Crippen molar-refractivity contribution in [2.24, 2.45) is 5.92 Å². The molecule has 1 fully saturated rings. The van der Waals surface area contributed by atoms with Crippen LogP contribution < -0.4 is 0 Å². The molecule has 0 bridgehead atoms. The number of thiol groups is 1. The summed E-state index contributed by atoms with van der Waals surface area (Å²) in [5.41, 5.74) is 1.17. The predicted octanol–water partition coefficient (Wildman–Crippen LogP) is 3.95. The molecule has 1 aromatic rings. The molecule has 21 heavy (non-hydrogen) atoms. The molecule has 1 unspecified atom stereocenters. The minimum atomic E-state index is -0.235. The quantitative estimate of drug-likeness (QED) is 0.817. The van der Waals surface area contributed by atoms with Crippen LogP contribution in [0, 0.1) is 5.92 Å². The van der Waals surface area contributed by atoms with Crippen LogP contribution in [-0.2, 0) is 11.2 Å². The maximum absolute atomic E-state index is 12.5. The Labute approximate surface area is 134 Å². The lowest BCUT2D eigenvalue weighted by Crippen LogP contribution is -2.43. The third kappa shape index (κ3) is 4.50. The van der Waals surface area contributed by atoms with Crippen molar-refractivity contribution in [2.75, 3.05) is 7.05 Å². The van der Waals surface area contributed by atoms with Gasteiger partial charge in [-0.3, -0.25) is 4.79 Å². The first-order valence-corrected chi connectivity index (χ1v) is 8.62. The zero-order valence-electron chi connectivity index (χ0n) is 13.2. The number of rotatable bonds is 5. The van der Waals surface area contributed by atoms with Crippen LogP contribution in [0.5, 0.6) is 0 Å².